The summed E-state index contributed by atoms with van der Waals surface area (Å²) < 4.78 is 0. The summed E-state index contributed by atoms with van der Waals surface area (Å²) in [5, 5.41) is 5.53. The average molecular weight is 372 g/mol. The summed E-state index contributed by atoms with van der Waals surface area (Å²) in [6, 6.07) is 16.6. The van der Waals surface area contributed by atoms with E-state index >= 15 is 0 Å². The molecule has 0 spiro atoms. The molecule has 0 bridgehead atoms. The van der Waals surface area contributed by atoms with Crippen molar-refractivity contribution in [3.8, 4) is 11.8 Å². The number of nitrogens with one attached hydrogen (secondary N) is 1. The first kappa shape index (κ1) is 17.5. The molecule has 134 valence electrons. The molecule has 1 heterocycles. The second-order valence-corrected chi connectivity index (χ2v) is 7.91. The monoisotopic (exact) mass is 372 g/mol. The van der Waals surface area contributed by atoms with E-state index in [4.69, 9.17) is 0 Å². The van der Waals surface area contributed by atoms with Gasteiger partial charge in [-0.1, -0.05) is 42.3 Å². The summed E-state index contributed by atoms with van der Waals surface area (Å²) in [5.74, 6) is 6.09. The zero-order chi connectivity index (χ0) is 18.9. The van der Waals surface area contributed by atoms with Crippen LogP contribution in [0.3, 0.4) is 0 Å². The zero-order valence-electron chi connectivity index (χ0n) is 15.3. The maximum Gasteiger partial charge on any atom is 0.233 e. The Morgan fingerprint density at radius 3 is 2.78 bits per heavy atom. The first-order valence-electron chi connectivity index (χ1n) is 8.93. The van der Waals surface area contributed by atoms with E-state index in [9.17, 15) is 4.79 Å². The first-order chi connectivity index (χ1) is 13.1. The van der Waals surface area contributed by atoms with Gasteiger partial charge in [0.15, 0.2) is 5.13 Å². The molecule has 1 aliphatic carbocycles. The standard InChI is InChI=1S/C23H20N2OS/c1-3-7-16-10-11-18-15-23(2,21(26)25-22-24-12-13-27-22)20(19(18)14-16)17-8-5-4-6-9-17/h4-6,8-14,20H,15H2,1-2H3,(H,24,25,26). The number of rotatable bonds is 3. The van der Waals surface area contributed by atoms with Gasteiger partial charge in [-0.15, -0.1) is 17.3 Å². The maximum absolute atomic E-state index is 13.3. The van der Waals surface area contributed by atoms with Crippen molar-refractivity contribution in [1.82, 2.24) is 4.98 Å². The van der Waals surface area contributed by atoms with Crippen molar-refractivity contribution in [1.29, 1.82) is 0 Å². The van der Waals surface area contributed by atoms with Gasteiger partial charge < -0.3 is 5.32 Å². The number of thiazole rings is 1. The second-order valence-electron chi connectivity index (χ2n) is 7.02. The normalized spacial score (nSPS) is 20.4. The van der Waals surface area contributed by atoms with E-state index in [0.717, 1.165) is 11.1 Å². The van der Waals surface area contributed by atoms with Gasteiger partial charge in [-0.25, -0.2) is 4.98 Å². The van der Waals surface area contributed by atoms with Crippen LogP contribution in [0.2, 0.25) is 0 Å². The van der Waals surface area contributed by atoms with Crippen LogP contribution in [0.1, 0.15) is 42.0 Å². The molecule has 4 rings (SSSR count). The number of carbonyl (C=O) groups is 1. The van der Waals surface area contributed by atoms with Crippen LogP contribution in [0.25, 0.3) is 0 Å². The summed E-state index contributed by atoms with van der Waals surface area (Å²) in [4.78, 5) is 17.5. The van der Waals surface area contributed by atoms with Crippen LogP contribution in [0.5, 0.6) is 0 Å². The topological polar surface area (TPSA) is 42.0 Å². The number of fused-ring (bicyclic) bond motifs is 1. The lowest BCUT2D eigenvalue weighted by Gasteiger charge is -2.31. The van der Waals surface area contributed by atoms with Crippen molar-refractivity contribution in [3.05, 3.63) is 82.4 Å². The second kappa shape index (κ2) is 7.02. The van der Waals surface area contributed by atoms with Gasteiger partial charge in [-0.05, 0) is 49.1 Å². The van der Waals surface area contributed by atoms with Crippen molar-refractivity contribution in [2.24, 2.45) is 5.41 Å². The van der Waals surface area contributed by atoms with Crippen LogP contribution in [-0.2, 0) is 11.2 Å². The van der Waals surface area contributed by atoms with Gasteiger partial charge in [0.05, 0.1) is 5.41 Å². The van der Waals surface area contributed by atoms with E-state index < -0.39 is 5.41 Å². The van der Waals surface area contributed by atoms with E-state index in [0.29, 0.717) is 11.6 Å². The van der Waals surface area contributed by atoms with Crippen LogP contribution in [-0.4, -0.2) is 10.9 Å². The zero-order valence-corrected chi connectivity index (χ0v) is 16.1. The fraction of sp³-hybridized carbons (Fsp3) is 0.217. The predicted molar refractivity (Wildman–Crippen MR) is 110 cm³/mol. The van der Waals surface area contributed by atoms with E-state index in [-0.39, 0.29) is 11.8 Å². The van der Waals surface area contributed by atoms with Crippen LogP contribution in [0, 0.1) is 17.3 Å². The third kappa shape index (κ3) is 3.15. The molecule has 2 atom stereocenters. The summed E-state index contributed by atoms with van der Waals surface area (Å²) in [5.41, 5.74) is 3.95. The number of benzene rings is 2. The Labute approximate surface area is 163 Å². The van der Waals surface area contributed by atoms with Crippen LogP contribution < -0.4 is 5.32 Å². The molecule has 1 aliphatic rings. The van der Waals surface area contributed by atoms with Gasteiger partial charge in [0.1, 0.15) is 0 Å². The Hall–Kier alpha value is -2.90. The van der Waals surface area contributed by atoms with Crippen molar-refractivity contribution in [2.45, 2.75) is 26.2 Å². The van der Waals surface area contributed by atoms with Crippen molar-refractivity contribution in [2.75, 3.05) is 5.32 Å². The highest BCUT2D eigenvalue weighted by Gasteiger charge is 2.48. The molecule has 1 aromatic heterocycles. The molecule has 3 nitrogen and oxygen atoms in total. The molecule has 0 saturated heterocycles. The summed E-state index contributed by atoms with van der Waals surface area (Å²) in [6.45, 7) is 3.90. The highest BCUT2D eigenvalue weighted by atomic mass is 32.1. The number of hydrogen-bond acceptors (Lipinski definition) is 3. The minimum atomic E-state index is -0.590. The van der Waals surface area contributed by atoms with Crippen LogP contribution in [0.4, 0.5) is 5.13 Å². The van der Waals surface area contributed by atoms with Gasteiger partial charge in [-0.3, -0.25) is 4.79 Å². The molecule has 0 saturated carbocycles. The number of amides is 1. The number of carbonyl (C=O) groups excluding carboxylic acids is 1. The summed E-state index contributed by atoms with van der Waals surface area (Å²) in [7, 11) is 0. The molecule has 0 radical (unpaired) electrons. The smallest absolute Gasteiger partial charge is 0.233 e. The van der Waals surface area contributed by atoms with E-state index in [1.54, 1.807) is 6.20 Å². The maximum atomic E-state index is 13.3. The molecule has 3 aromatic rings. The molecule has 4 heteroatoms. The first-order valence-corrected chi connectivity index (χ1v) is 9.81. The Balaban J connectivity index is 1.80. The van der Waals surface area contributed by atoms with E-state index in [1.807, 2.05) is 36.6 Å². The fourth-order valence-electron chi connectivity index (χ4n) is 4.02. The van der Waals surface area contributed by atoms with Gasteiger partial charge in [0, 0.05) is 23.1 Å². The largest absolute Gasteiger partial charge is 0.301 e. The summed E-state index contributed by atoms with van der Waals surface area (Å²) >= 11 is 1.44. The molecule has 2 aromatic carbocycles. The fourth-order valence-corrected chi connectivity index (χ4v) is 4.54. The Bertz CT molecular complexity index is 1030. The molecular formula is C23H20N2OS. The lowest BCUT2D eigenvalue weighted by molar-refractivity contribution is -0.125. The molecule has 0 aliphatic heterocycles. The highest BCUT2D eigenvalue weighted by Crippen LogP contribution is 2.51. The third-order valence-electron chi connectivity index (χ3n) is 5.23. The molecule has 2 unspecified atom stereocenters. The molecule has 1 amide bonds. The van der Waals surface area contributed by atoms with Crippen molar-refractivity contribution < 1.29 is 4.79 Å². The van der Waals surface area contributed by atoms with Gasteiger partial charge in [0.2, 0.25) is 5.91 Å². The SMILES string of the molecule is CC#Cc1ccc2c(c1)C(c1ccccc1)C(C)(C(=O)Nc1nccs1)C2. The predicted octanol–water partition coefficient (Wildman–Crippen LogP) is 4.85. The minimum Gasteiger partial charge on any atom is -0.301 e. The Morgan fingerprint density at radius 1 is 1.26 bits per heavy atom. The highest BCUT2D eigenvalue weighted by molar-refractivity contribution is 7.13. The van der Waals surface area contributed by atoms with Crippen LogP contribution >= 0.6 is 11.3 Å². The van der Waals surface area contributed by atoms with Gasteiger partial charge >= 0.3 is 0 Å². The van der Waals surface area contributed by atoms with E-state index in [1.165, 1.54) is 22.5 Å². The molecule has 27 heavy (non-hydrogen) atoms. The third-order valence-corrected chi connectivity index (χ3v) is 5.91. The van der Waals surface area contributed by atoms with E-state index in [2.05, 4.69) is 53.3 Å². The molecule has 1 N–H and O–H groups in total. The average Bonchev–Trinajstić information content (AvgIpc) is 3.28. The number of hydrogen-bond donors (Lipinski definition) is 1. The lowest BCUT2D eigenvalue weighted by atomic mass is 9.73. The lowest BCUT2D eigenvalue weighted by Crippen LogP contribution is -2.37. The number of anilines is 1. The Morgan fingerprint density at radius 2 is 2.07 bits per heavy atom. The molecular weight excluding hydrogens is 352 g/mol. The van der Waals surface area contributed by atoms with Gasteiger partial charge in [-0.2, -0.15) is 0 Å². The number of aromatic nitrogens is 1. The van der Waals surface area contributed by atoms with Crippen molar-refractivity contribution in [3.63, 3.8) is 0 Å². The van der Waals surface area contributed by atoms with Crippen LogP contribution in [0.15, 0.2) is 60.1 Å². The number of nitrogens with zero attached hydrogens (tertiary/aromatic N) is 1. The van der Waals surface area contributed by atoms with Crippen molar-refractivity contribution >= 4 is 22.4 Å². The molecule has 0 fully saturated rings. The van der Waals surface area contributed by atoms with Gasteiger partial charge in [0.25, 0.3) is 0 Å². The Kier molecular flexibility index (Phi) is 4.55. The minimum absolute atomic E-state index is 0.00521. The summed E-state index contributed by atoms with van der Waals surface area (Å²) in [6.07, 6.45) is 2.40. The quantitative estimate of drug-likeness (QED) is 0.668.